The zero-order chi connectivity index (χ0) is 13.0. The Labute approximate surface area is 113 Å². The minimum Gasteiger partial charge on any atom is -0.392 e. The van der Waals surface area contributed by atoms with Gasteiger partial charge in [0.05, 0.1) is 4.99 Å². The molecule has 2 heterocycles. The normalized spacial score (nSPS) is 26.1. The Hall–Kier alpha value is -0.720. The molecule has 0 spiro atoms. The van der Waals surface area contributed by atoms with Gasteiger partial charge >= 0.3 is 0 Å². The number of amides is 1. The lowest BCUT2D eigenvalue weighted by Gasteiger charge is -2.32. The fraction of sp³-hybridized carbons (Fsp3) is 0.833. The molecular formula is C12H21N3O2S. The van der Waals surface area contributed by atoms with E-state index in [9.17, 15) is 4.79 Å². The summed E-state index contributed by atoms with van der Waals surface area (Å²) in [5.41, 5.74) is 5.52. The quantitative estimate of drug-likeness (QED) is 0.706. The molecule has 2 rings (SSSR count). The average molecular weight is 271 g/mol. The molecule has 2 fully saturated rings. The standard InChI is InChI=1S/C12H21N3O2S/c13-11(18)8-15-5-3-9(4-6-15)14-12(16)10-2-1-7-17-10/h9-10H,1-8H2,(H2,13,18)(H,14,16). The van der Waals surface area contributed by atoms with Gasteiger partial charge in [-0.1, -0.05) is 12.2 Å². The predicted molar refractivity (Wildman–Crippen MR) is 73.4 cm³/mol. The van der Waals surface area contributed by atoms with E-state index in [1.54, 1.807) is 0 Å². The van der Waals surface area contributed by atoms with E-state index < -0.39 is 0 Å². The van der Waals surface area contributed by atoms with Crippen molar-refractivity contribution in [3.63, 3.8) is 0 Å². The van der Waals surface area contributed by atoms with Crippen molar-refractivity contribution in [2.24, 2.45) is 5.73 Å². The Kier molecular flexibility index (Phi) is 4.91. The second kappa shape index (κ2) is 6.45. The number of rotatable bonds is 4. The van der Waals surface area contributed by atoms with Gasteiger partial charge in [-0.15, -0.1) is 0 Å². The molecule has 0 bridgehead atoms. The lowest BCUT2D eigenvalue weighted by molar-refractivity contribution is -0.131. The molecule has 0 saturated carbocycles. The number of ether oxygens (including phenoxy) is 1. The van der Waals surface area contributed by atoms with Crippen molar-refractivity contribution >= 4 is 23.1 Å². The highest BCUT2D eigenvalue weighted by atomic mass is 32.1. The largest absolute Gasteiger partial charge is 0.392 e. The van der Waals surface area contributed by atoms with Crippen LogP contribution in [-0.2, 0) is 9.53 Å². The lowest BCUT2D eigenvalue weighted by Crippen LogP contribution is -2.48. The van der Waals surface area contributed by atoms with Crippen molar-refractivity contribution in [3.05, 3.63) is 0 Å². The molecule has 0 radical (unpaired) electrons. The maximum Gasteiger partial charge on any atom is 0.249 e. The highest BCUT2D eigenvalue weighted by Gasteiger charge is 2.27. The highest BCUT2D eigenvalue weighted by molar-refractivity contribution is 7.80. The summed E-state index contributed by atoms with van der Waals surface area (Å²) in [6.45, 7) is 3.27. The van der Waals surface area contributed by atoms with Crippen molar-refractivity contribution < 1.29 is 9.53 Å². The summed E-state index contributed by atoms with van der Waals surface area (Å²) in [5.74, 6) is 0.0558. The van der Waals surface area contributed by atoms with Crippen LogP contribution in [0.3, 0.4) is 0 Å². The first-order valence-corrected chi connectivity index (χ1v) is 6.98. The van der Waals surface area contributed by atoms with Gasteiger partial charge in [0.15, 0.2) is 0 Å². The molecule has 0 aromatic carbocycles. The number of hydrogen-bond acceptors (Lipinski definition) is 4. The number of likely N-dealkylation sites (tertiary alicyclic amines) is 1. The maximum absolute atomic E-state index is 11.9. The van der Waals surface area contributed by atoms with Gasteiger partial charge in [0.25, 0.3) is 0 Å². The number of piperidine rings is 1. The lowest BCUT2D eigenvalue weighted by atomic mass is 10.0. The van der Waals surface area contributed by atoms with Crippen molar-refractivity contribution in [1.29, 1.82) is 0 Å². The van der Waals surface area contributed by atoms with Gasteiger partial charge in [-0.25, -0.2) is 0 Å². The number of nitrogens with two attached hydrogens (primary N) is 1. The molecule has 6 heteroatoms. The maximum atomic E-state index is 11.9. The minimum atomic E-state index is -0.223. The third-order valence-corrected chi connectivity index (χ3v) is 3.66. The Morgan fingerprint density at radius 1 is 1.39 bits per heavy atom. The van der Waals surface area contributed by atoms with Gasteiger partial charge in [0, 0.05) is 32.3 Å². The van der Waals surface area contributed by atoms with Crippen LogP contribution < -0.4 is 11.1 Å². The van der Waals surface area contributed by atoms with Crippen LogP contribution in [0.4, 0.5) is 0 Å². The third kappa shape index (κ3) is 3.90. The van der Waals surface area contributed by atoms with Crippen LogP contribution in [0.15, 0.2) is 0 Å². The van der Waals surface area contributed by atoms with E-state index in [0.717, 1.165) is 38.8 Å². The van der Waals surface area contributed by atoms with Crippen molar-refractivity contribution in [2.75, 3.05) is 26.2 Å². The molecule has 2 aliphatic rings. The van der Waals surface area contributed by atoms with Crippen LogP contribution in [0.25, 0.3) is 0 Å². The van der Waals surface area contributed by atoms with E-state index >= 15 is 0 Å². The molecule has 18 heavy (non-hydrogen) atoms. The van der Waals surface area contributed by atoms with E-state index in [-0.39, 0.29) is 18.1 Å². The van der Waals surface area contributed by atoms with Crippen LogP contribution >= 0.6 is 12.2 Å². The number of nitrogens with zero attached hydrogens (tertiary/aromatic N) is 1. The van der Waals surface area contributed by atoms with Gasteiger partial charge in [-0.05, 0) is 25.7 Å². The number of thiocarbonyl (C=S) groups is 1. The molecule has 1 atom stereocenters. The van der Waals surface area contributed by atoms with Crippen molar-refractivity contribution in [1.82, 2.24) is 10.2 Å². The topological polar surface area (TPSA) is 67.6 Å². The number of carbonyl (C=O) groups excluding carboxylic acids is 1. The fourth-order valence-corrected chi connectivity index (χ4v) is 2.72. The molecule has 5 nitrogen and oxygen atoms in total. The molecule has 1 unspecified atom stereocenters. The van der Waals surface area contributed by atoms with Crippen LogP contribution in [0.5, 0.6) is 0 Å². The number of hydrogen-bond donors (Lipinski definition) is 2. The minimum absolute atomic E-state index is 0.0558. The smallest absolute Gasteiger partial charge is 0.249 e. The Morgan fingerprint density at radius 2 is 2.11 bits per heavy atom. The van der Waals surface area contributed by atoms with E-state index in [4.69, 9.17) is 22.7 Å². The Morgan fingerprint density at radius 3 is 2.67 bits per heavy atom. The predicted octanol–water partition coefficient (Wildman–Crippen LogP) is 0.0321. The molecule has 1 amide bonds. The summed E-state index contributed by atoms with van der Waals surface area (Å²) in [6, 6.07) is 0.268. The zero-order valence-corrected chi connectivity index (χ0v) is 11.4. The van der Waals surface area contributed by atoms with Crippen LogP contribution in [0, 0.1) is 0 Å². The Bertz CT molecular complexity index is 310. The number of carbonyl (C=O) groups is 1. The molecule has 2 saturated heterocycles. The van der Waals surface area contributed by atoms with Crippen molar-refractivity contribution in [2.45, 2.75) is 37.8 Å². The molecular weight excluding hydrogens is 250 g/mol. The molecule has 0 aromatic heterocycles. The summed E-state index contributed by atoms with van der Waals surface area (Å²) >= 11 is 4.90. The first-order chi connectivity index (χ1) is 8.65. The van der Waals surface area contributed by atoms with Gasteiger partial charge in [-0.2, -0.15) is 0 Å². The monoisotopic (exact) mass is 271 g/mol. The molecule has 0 aliphatic carbocycles. The zero-order valence-electron chi connectivity index (χ0n) is 10.6. The molecule has 2 aliphatic heterocycles. The first-order valence-electron chi connectivity index (χ1n) is 6.58. The third-order valence-electron chi connectivity index (χ3n) is 3.54. The van der Waals surface area contributed by atoms with Crippen molar-refractivity contribution in [3.8, 4) is 0 Å². The van der Waals surface area contributed by atoms with Gasteiger partial charge < -0.3 is 15.8 Å². The van der Waals surface area contributed by atoms with E-state index in [2.05, 4.69) is 10.2 Å². The second-order valence-corrected chi connectivity index (χ2v) is 5.55. The summed E-state index contributed by atoms with van der Waals surface area (Å²) in [6.07, 6.45) is 3.54. The molecule has 3 N–H and O–H groups in total. The summed E-state index contributed by atoms with van der Waals surface area (Å²) < 4.78 is 5.37. The van der Waals surface area contributed by atoms with Gasteiger partial charge in [0.2, 0.25) is 5.91 Å². The summed E-state index contributed by atoms with van der Waals surface area (Å²) in [7, 11) is 0. The molecule has 102 valence electrons. The van der Waals surface area contributed by atoms with Crippen LogP contribution in [0.1, 0.15) is 25.7 Å². The van der Waals surface area contributed by atoms with Gasteiger partial charge in [0.1, 0.15) is 6.10 Å². The average Bonchev–Trinajstić information content (AvgIpc) is 2.84. The fourth-order valence-electron chi connectivity index (χ4n) is 2.53. The second-order valence-electron chi connectivity index (χ2n) is 5.03. The number of nitrogens with one attached hydrogen (secondary N) is 1. The molecule has 0 aromatic rings. The highest BCUT2D eigenvalue weighted by Crippen LogP contribution is 2.14. The first kappa shape index (κ1) is 13.7. The van der Waals surface area contributed by atoms with Gasteiger partial charge in [-0.3, -0.25) is 9.69 Å². The van der Waals surface area contributed by atoms with Crippen LogP contribution in [0.2, 0.25) is 0 Å². The Balaban J connectivity index is 1.69. The van der Waals surface area contributed by atoms with E-state index in [0.29, 0.717) is 18.1 Å². The van der Waals surface area contributed by atoms with E-state index in [1.807, 2.05) is 0 Å². The summed E-state index contributed by atoms with van der Waals surface area (Å²) in [5, 5.41) is 3.08. The summed E-state index contributed by atoms with van der Waals surface area (Å²) in [4.78, 5) is 14.7. The van der Waals surface area contributed by atoms with Crippen LogP contribution in [-0.4, -0.2) is 54.2 Å². The van der Waals surface area contributed by atoms with E-state index in [1.165, 1.54) is 0 Å². The SMILES string of the molecule is NC(=S)CN1CCC(NC(=O)C2CCCO2)CC1.